The van der Waals surface area contributed by atoms with Crippen LogP contribution in [0.1, 0.15) is 44.7 Å². The molecule has 1 aliphatic carbocycles. The Balaban J connectivity index is 2.22. The Morgan fingerprint density at radius 1 is 1.32 bits per heavy atom. The zero-order valence-corrected chi connectivity index (χ0v) is 12.3. The van der Waals surface area contributed by atoms with Gasteiger partial charge in [0, 0.05) is 12.1 Å². The van der Waals surface area contributed by atoms with Gasteiger partial charge in [0.15, 0.2) is 0 Å². The van der Waals surface area contributed by atoms with E-state index in [0.29, 0.717) is 4.90 Å². The molecule has 19 heavy (non-hydrogen) atoms. The first-order chi connectivity index (χ1) is 9.06. The van der Waals surface area contributed by atoms with Crippen molar-refractivity contribution in [3.63, 3.8) is 0 Å². The first kappa shape index (κ1) is 14.5. The minimum absolute atomic E-state index is 0.143. The number of hydrogen-bond donors (Lipinski definition) is 2. The zero-order chi connectivity index (χ0) is 13.9. The fourth-order valence-corrected chi connectivity index (χ4v) is 3.49. The molecule has 1 aromatic rings. The van der Waals surface area contributed by atoms with Crippen LogP contribution in [-0.2, 0) is 10.0 Å². The van der Waals surface area contributed by atoms with Crippen LogP contribution < -0.4 is 10.0 Å². The molecular weight excluding hydrogens is 260 g/mol. The molecule has 2 N–H and O–H groups in total. The standard InChI is InChI=1S/C14H22N2O2S/c1-3-14(15-4-2)11-6-5-7-13(10-11)19(17,18)16-12-8-9-12/h5-7,10,12,14-16H,3-4,8-9H2,1-2H3. The second-order valence-corrected chi connectivity index (χ2v) is 6.70. The Morgan fingerprint density at radius 3 is 2.63 bits per heavy atom. The molecule has 0 spiro atoms. The number of sulfonamides is 1. The summed E-state index contributed by atoms with van der Waals surface area (Å²) in [6.07, 6.45) is 2.84. The van der Waals surface area contributed by atoms with E-state index < -0.39 is 10.0 Å². The summed E-state index contributed by atoms with van der Waals surface area (Å²) in [5, 5.41) is 3.37. The lowest BCUT2D eigenvalue weighted by atomic mass is 10.0. The van der Waals surface area contributed by atoms with Crippen molar-refractivity contribution in [2.75, 3.05) is 6.54 Å². The van der Waals surface area contributed by atoms with Crippen LogP contribution in [0.25, 0.3) is 0 Å². The van der Waals surface area contributed by atoms with Crippen molar-refractivity contribution >= 4 is 10.0 Å². The Hall–Kier alpha value is -0.910. The Morgan fingerprint density at radius 2 is 2.05 bits per heavy atom. The second kappa shape index (κ2) is 6.03. The summed E-state index contributed by atoms with van der Waals surface area (Å²) < 4.78 is 27.1. The monoisotopic (exact) mass is 282 g/mol. The second-order valence-electron chi connectivity index (χ2n) is 4.99. The summed E-state index contributed by atoms with van der Waals surface area (Å²) in [6.45, 7) is 5.02. The van der Waals surface area contributed by atoms with Crippen LogP contribution in [-0.4, -0.2) is 21.0 Å². The van der Waals surface area contributed by atoms with Gasteiger partial charge in [-0.05, 0) is 43.5 Å². The third-order valence-corrected chi connectivity index (χ3v) is 4.85. The lowest BCUT2D eigenvalue weighted by Crippen LogP contribution is -2.26. The summed E-state index contributed by atoms with van der Waals surface area (Å²) >= 11 is 0. The van der Waals surface area contributed by atoms with Gasteiger partial charge in [-0.2, -0.15) is 0 Å². The van der Waals surface area contributed by atoms with Gasteiger partial charge in [0.2, 0.25) is 10.0 Å². The SMILES string of the molecule is CCNC(CC)c1cccc(S(=O)(=O)NC2CC2)c1. The molecule has 0 radical (unpaired) electrons. The van der Waals surface area contributed by atoms with Gasteiger partial charge in [0.05, 0.1) is 4.90 Å². The fraction of sp³-hybridized carbons (Fsp3) is 0.571. The molecule has 1 aliphatic rings. The van der Waals surface area contributed by atoms with Crippen LogP contribution in [0.3, 0.4) is 0 Å². The normalized spacial score (nSPS) is 17.4. The largest absolute Gasteiger partial charge is 0.310 e. The van der Waals surface area contributed by atoms with Gasteiger partial charge >= 0.3 is 0 Å². The van der Waals surface area contributed by atoms with Gasteiger partial charge in [-0.25, -0.2) is 13.1 Å². The van der Waals surface area contributed by atoms with Crippen LogP contribution >= 0.6 is 0 Å². The van der Waals surface area contributed by atoms with Crippen molar-refractivity contribution < 1.29 is 8.42 Å². The first-order valence-electron chi connectivity index (χ1n) is 6.92. The smallest absolute Gasteiger partial charge is 0.240 e. The average molecular weight is 282 g/mol. The lowest BCUT2D eigenvalue weighted by Gasteiger charge is -2.17. The van der Waals surface area contributed by atoms with Crippen LogP contribution in [0.15, 0.2) is 29.2 Å². The maximum atomic E-state index is 12.2. The van der Waals surface area contributed by atoms with Gasteiger partial charge in [-0.15, -0.1) is 0 Å². The lowest BCUT2D eigenvalue weighted by molar-refractivity contribution is 0.535. The van der Waals surface area contributed by atoms with E-state index in [1.54, 1.807) is 12.1 Å². The molecule has 2 rings (SSSR count). The van der Waals surface area contributed by atoms with E-state index in [0.717, 1.165) is 31.4 Å². The molecule has 0 saturated heterocycles. The van der Waals surface area contributed by atoms with Crippen LogP contribution in [0.2, 0.25) is 0 Å². The quantitative estimate of drug-likeness (QED) is 0.806. The third kappa shape index (κ3) is 3.78. The highest BCUT2D eigenvalue weighted by Gasteiger charge is 2.28. The Kier molecular flexibility index (Phi) is 4.60. The molecule has 1 atom stereocenters. The highest BCUT2D eigenvalue weighted by atomic mass is 32.2. The molecule has 0 heterocycles. The molecule has 0 aromatic heterocycles. The van der Waals surface area contributed by atoms with Crippen molar-refractivity contribution in [1.29, 1.82) is 0 Å². The number of nitrogens with one attached hydrogen (secondary N) is 2. The summed E-state index contributed by atoms with van der Waals surface area (Å²) in [4.78, 5) is 0.369. The van der Waals surface area contributed by atoms with Crippen LogP contribution in [0.5, 0.6) is 0 Å². The molecule has 1 unspecified atom stereocenters. The van der Waals surface area contributed by atoms with E-state index in [9.17, 15) is 8.42 Å². The first-order valence-corrected chi connectivity index (χ1v) is 8.40. The van der Waals surface area contributed by atoms with Crippen molar-refractivity contribution in [3.05, 3.63) is 29.8 Å². The van der Waals surface area contributed by atoms with E-state index >= 15 is 0 Å². The number of rotatable bonds is 7. The van der Waals surface area contributed by atoms with Crippen molar-refractivity contribution in [1.82, 2.24) is 10.0 Å². The zero-order valence-electron chi connectivity index (χ0n) is 11.5. The van der Waals surface area contributed by atoms with E-state index in [1.807, 2.05) is 12.1 Å². The van der Waals surface area contributed by atoms with E-state index in [2.05, 4.69) is 23.9 Å². The minimum Gasteiger partial charge on any atom is -0.310 e. The summed E-state index contributed by atoms with van der Waals surface area (Å²) in [6, 6.07) is 7.59. The summed E-state index contributed by atoms with van der Waals surface area (Å²) in [5.41, 5.74) is 1.03. The minimum atomic E-state index is -3.35. The van der Waals surface area contributed by atoms with Crippen LogP contribution in [0.4, 0.5) is 0 Å². The molecule has 0 aliphatic heterocycles. The van der Waals surface area contributed by atoms with Gasteiger partial charge < -0.3 is 5.32 Å². The molecule has 4 nitrogen and oxygen atoms in total. The van der Waals surface area contributed by atoms with Crippen molar-refractivity contribution in [2.24, 2.45) is 0 Å². The maximum Gasteiger partial charge on any atom is 0.240 e. The van der Waals surface area contributed by atoms with Gasteiger partial charge in [-0.1, -0.05) is 26.0 Å². The van der Waals surface area contributed by atoms with Crippen molar-refractivity contribution in [3.8, 4) is 0 Å². The highest BCUT2D eigenvalue weighted by Crippen LogP contribution is 2.24. The maximum absolute atomic E-state index is 12.2. The van der Waals surface area contributed by atoms with Gasteiger partial charge in [0.25, 0.3) is 0 Å². The summed E-state index contributed by atoms with van der Waals surface area (Å²) in [5.74, 6) is 0. The molecule has 0 bridgehead atoms. The number of benzene rings is 1. The molecular formula is C14H22N2O2S. The highest BCUT2D eigenvalue weighted by molar-refractivity contribution is 7.89. The van der Waals surface area contributed by atoms with Gasteiger partial charge in [0.1, 0.15) is 0 Å². The van der Waals surface area contributed by atoms with E-state index in [1.165, 1.54) is 0 Å². The summed E-state index contributed by atoms with van der Waals surface area (Å²) in [7, 11) is -3.35. The fourth-order valence-electron chi connectivity index (χ4n) is 2.13. The Labute approximate surface area is 115 Å². The topological polar surface area (TPSA) is 58.2 Å². The molecule has 1 aromatic carbocycles. The predicted octanol–water partition coefficient (Wildman–Crippen LogP) is 2.19. The molecule has 106 valence electrons. The van der Waals surface area contributed by atoms with Gasteiger partial charge in [-0.3, -0.25) is 0 Å². The molecule has 0 amide bonds. The predicted molar refractivity (Wildman–Crippen MR) is 76.5 cm³/mol. The van der Waals surface area contributed by atoms with Crippen LogP contribution in [0, 0.1) is 0 Å². The molecule has 1 fully saturated rings. The average Bonchev–Trinajstić information content (AvgIpc) is 3.19. The van der Waals surface area contributed by atoms with E-state index in [-0.39, 0.29) is 12.1 Å². The van der Waals surface area contributed by atoms with Crippen molar-refractivity contribution in [2.45, 2.75) is 50.1 Å². The number of hydrogen-bond acceptors (Lipinski definition) is 3. The molecule has 1 saturated carbocycles. The third-order valence-electron chi connectivity index (χ3n) is 3.33. The van der Waals surface area contributed by atoms with E-state index in [4.69, 9.17) is 0 Å². The Bertz CT molecular complexity index is 524. The molecule has 5 heteroatoms.